The van der Waals surface area contributed by atoms with Crippen molar-refractivity contribution in [3.8, 4) is 0 Å². The van der Waals surface area contributed by atoms with Gasteiger partial charge in [-0.2, -0.15) is 0 Å². The lowest BCUT2D eigenvalue weighted by molar-refractivity contribution is 0.0913. The van der Waals surface area contributed by atoms with Crippen molar-refractivity contribution in [1.29, 1.82) is 0 Å². The van der Waals surface area contributed by atoms with E-state index in [0.717, 1.165) is 40.9 Å². The van der Waals surface area contributed by atoms with E-state index in [2.05, 4.69) is 10.6 Å². The zero-order chi connectivity index (χ0) is 17.9. The second kappa shape index (κ2) is 9.02. The van der Waals surface area contributed by atoms with Gasteiger partial charge in [0.1, 0.15) is 5.58 Å². The van der Waals surface area contributed by atoms with Gasteiger partial charge in [-0.05, 0) is 43.3 Å². The van der Waals surface area contributed by atoms with Crippen LogP contribution in [0.4, 0.5) is 0 Å². The minimum atomic E-state index is -0.137. The number of amides is 1. The lowest BCUT2D eigenvalue weighted by Gasteiger charge is -2.11. The maximum Gasteiger partial charge on any atom is 0.287 e. The monoisotopic (exact) mass is 422 g/mol. The number of benzene rings is 2. The Morgan fingerprint density at radius 3 is 2.74 bits per heavy atom. The van der Waals surface area contributed by atoms with Crippen LogP contribution in [-0.2, 0) is 5.75 Å². The third-order valence-electron chi connectivity index (χ3n) is 4.50. The molecule has 1 aromatic heterocycles. The van der Waals surface area contributed by atoms with Crippen LogP contribution in [0.5, 0.6) is 0 Å². The molecular formula is C20H20Cl2N2O2S. The SMILES string of the molecule is Cl.O=C(NC1CCNC1)c1oc2ccccc2c1CSc1ccc(Cl)cc1. The van der Waals surface area contributed by atoms with E-state index in [-0.39, 0.29) is 24.4 Å². The van der Waals surface area contributed by atoms with Crippen molar-refractivity contribution in [2.24, 2.45) is 0 Å². The van der Waals surface area contributed by atoms with Crippen LogP contribution < -0.4 is 10.6 Å². The second-order valence-corrected chi connectivity index (χ2v) is 7.80. The summed E-state index contributed by atoms with van der Waals surface area (Å²) in [5.41, 5.74) is 1.68. The molecule has 0 radical (unpaired) electrons. The Bertz CT molecular complexity index is 921. The smallest absolute Gasteiger partial charge is 0.287 e. The van der Waals surface area contributed by atoms with Crippen molar-refractivity contribution in [2.75, 3.05) is 13.1 Å². The highest BCUT2D eigenvalue weighted by atomic mass is 35.5. The molecule has 7 heteroatoms. The minimum absolute atomic E-state index is 0. The number of nitrogens with one attached hydrogen (secondary N) is 2. The Kier molecular flexibility index (Phi) is 6.71. The number of rotatable bonds is 5. The molecule has 1 aliphatic rings. The van der Waals surface area contributed by atoms with Crippen molar-refractivity contribution < 1.29 is 9.21 Å². The average Bonchev–Trinajstić information content (AvgIpc) is 3.29. The zero-order valence-electron chi connectivity index (χ0n) is 14.5. The first kappa shape index (κ1) is 20.1. The van der Waals surface area contributed by atoms with E-state index < -0.39 is 0 Å². The highest BCUT2D eigenvalue weighted by Crippen LogP contribution is 2.32. The molecule has 1 saturated heterocycles. The molecule has 1 unspecified atom stereocenters. The van der Waals surface area contributed by atoms with Crippen molar-refractivity contribution in [3.63, 3.8) is 0 Å². The molecule has 4 nitrogen and oxygen atoms in total. The maximum absolute atomic E-state index is 12.8. The Morgan fingerprint density at radius 1 is 1.22 bits per heavy atom. The Morgan fingerprint density at radius 2 is 2.00 bits per heavy atom. The van der Waals surface area contributed by atoms with Crippen LogP contribution in [0, 0.1) is 0 Å². The van der Waals surface area contributed by atoms with Crippen molar-refractivity contribution in [2.45, 2.75) is 23.1 Å². The van der Waals surface area contributed by atoms with Gasteiger partial charge >= 0.3 is 0 Å². The highest BCUT2D eigenvalue weighted by Gasteiger charge is 2.24. The van der Waals surface area contributed by atoms with E-state index in [4.69, 9.17) is 16.0 Å². The topological polar surface area (TPSA) is 54.3 Å². The average molecular weight is 423 g/mol. The molecule has 0 aliphatic carbocycles. The minimum Gasteiger partial charge on any atom is -0.451 e. The predicted octanol–water partition coefficient (Wildman–Crippen LogP) is 4.89. The van der Waals surface area contributed by atoms with E-state index in [1.54, 1.807) is 11.8 Å². The molecule has 0 spiro atoms. The Labute approximate surface area is 173 Å². The van der Waals surface area contributed by atoms with Crippen LogP contribution in [0.1, 0.15) is 22.5 Å². The van der Waals surface area contributed by atoms with Gasteiger partial charge in [0.2, 0.25) is 0 Å². The zero-order valence-corrected chi connectivity index (χ0v) is 16.9. The van der Waals surface area contributed by atoms with Crippen LogP contribution in [0.2, 0.25) is 5.02 Å². The van der Waals surface area contributed by atoms with Gasteiger partial charge < -0.3 is 15.1 Å². The van der Waals surface area contributed by atoms with Gasteiger partial charge in [0.05, 0.1) is 0 Å². The van der Waals surface area contributed by atoms with Crippen LogP contribution in [0.25, 0.3) is 11.0 Å². The molecule has 0 bridgehead atoms. The lowest BCUT2D eigenvalue weighted by Crippen LogP contribution is -2.36. The lowest BCUT2D eigenvalue weighted by atomic mass is 10.1. The van der Waals surface area contributed by atoms with Crippen molar-refractivity contribution >= 4 is 52.6 Å². The second-order valence-electron chi connectivity index (χ2n) is 6.31. The van der Waals surface area contributed by atoms with E-state index in [0.29, 0.717) is 16.5 Å². The number of halogens is 2. The summed E-state index contributed by atoms with van der Waals surface area (Å²) in [5, 5.41) is 8.05. The largest absolute Gasteiger partial charge is 0.451 e. The third kappa shape index (κ3) is 4.61. The van der Waals surface area contributed by atoms with Gasteiger partial charge in [-0.3, -0.25) is 4.79 Å². The molecule has 2 N–H and O–H groups in total. The van der Waals surface area contributed by atoms with Crippen molar-refractivity contribution in [3.05, 3.63) is 64.9 Å². The highest BCUT2D eigenvalue weighted by molar-refractivity contribution is 7.98. The summed E-state index contributed by atoms with van der Waals surface area (Å²) in [6.07, 6.45) is 0.945. The molecule has 2 aromatic carbocycles. The molecule has 1 aliphatic heterocycles. The fraction of sp³-hybridized carbons (Fsp3) is 0.250. The van der Waals surface area contributed by atoms with Crippen LogP contribution in [0.15, 0.2) is 57.8 Å². The number of hydrogen-bond donors (Lipinski definition) is 2. The predicted molar refractivity (Wildman–Crippen MR) is 113 cm³/mol. The molecular weight excluding hydrogens is 403 g/mol. The first-order valence-corrected chi connectivity index (χ1v) is 9.97. The van der Waals surface area contributed by atoms with Gasteiger partial charge in [0.15, 0.2) is 5.76 Å². The summed E-state index contributed by atoms with van der Waals surface area (Å²) in [5.74, 6) is 0.936. The van der Waals surface area contributed by atoms with E-state index >= 15 is 0 Å². The van der Waals surface area contributed by atoms with Gasteiger partial charge in [0, 0.05) is 39.2 Å². The Hall–Kier alpha value is -1.66. The number of fused-ring (bicyclic) bond motifs is 1. The fourth-order valence-electron chi connectivity index (χ4n) is 3.14. The van der Waals surface area contributed by atoms with Gasteiger partial charge in [-0.1, -0.05) is 29.8 Å². The number of hydrogen-bond acceptors (Lipinski definition) is 4. The van der Waals surface area contributed by atoms with Crippen molar-refractivity contribution in [1.82, 2.24) is 10.6 Å². The van der Waals surface area contributed by atoms with Crippen LogP contribution in [-0.4, -0.2) is 25.0 Å². The molecule has 2 heterocycles. The number of furan rings is 1. The first-order valence-electron chi connectivity index (χ1n) is 8.61. The molecule has 1 atom stereocenters. The summed E-state index contributed by atoms with van der Waals surface area (Å²) < 4.78 is 5.91. The third-order valence-corrected chi connectivity index (χ3v) is 5.79. The van der Waals surface area contributed by atoms with Gasteiger partial charge in [0.25, 0.3) is 5.91 Å². The van der Waals surface area contributed by atoms with Crippen LogP contribution >= 0.6 is 35.8 Å². The molecule has 0 saturated carbocycles. The first-order chi connectivity index (χ1) is 12.7. The summed E-state index contributed by atoms with van der Waals surface area (Å²) in [4.78, 5) is 13.9. The molecule has 1 amide bonds. The summed E-state index contributed by atoms with van der Waals surface area (Å²) >= 11 is 7.62. The van der Waals surface area contributed by atoms with E-state index in [9.17, 15) is 4.79 Å². The standard InChI is InChI=1S/C20H19ClN2O2S.ClH/c21-13-5-7-15(8-6-13)26-12-17-16-3-1-2-4-18(16)25-19(17)20(24)23-14-9-10-22-11-14;/h1-8,14,22H,9-12H2,(H,23,24);1H. The summed E-state index contributed by atoms with van der Waals surface area (Å²) in [7, 11) is 0. The summed E-state index contributed by atoms with van der Waals surface area (Å²) in [6, 6.07) is 15.7. The van der Waals surface area contributed by atoms with Gasteiger partial charge in [-0.15, -0.1) is 24.2 Å². The molecule has 1 fully saturated rings. The van der Waals surface area contributed by atoms with Crippen LogP contribution in [0.3, 0.4) is 0 Å². The number of carbonyl (C=O) groups excluding carboxylic acids is 1. The summed E-state index contributed by atoms with van der Waals surface area (Å²) in [6.45, 7) is 1.74. The normalized spacial score (nSPS) is 16.3. The van der Waals surface area contributed by atoms with E-state index in [1.165, 1.54) is 0 Å². The number of thioether (sulfide) groups is 1. The van der Waals surface area contributed by atoms with Gasteiger partial charge in [-0.25, -0.2) is 0 Å². The molecule has 3 aromatic rings. The number of carbonyl (C=O) groups is 1. The number of para-hydroxylation sites is 1. The van der Waals surface area contributed by atoms with E-state index in [1.807, 2.05) is 48.5 Å². The molecule has 4 rings (SSSR count). The molecule has 27 heavy (non-hydrogen) atoms. The fourth-order valence-corrected chi connectivity index (χ4v) is 4.19. The maximum atomic E-state index is 12.8. The Balaban J connectivity index is 0.00000210. The quantitative estimate of drug-likeness (QED) is 0.574. The molecule has 142 valence electrons.